The Balaban J connectivity index is 1.88. The van der Waals surface area contributed by atoms with Crippen LogP contribution >= 0.6 is 0 Å². The van der Waals surface area contributed by atoms with Crippen molar-refractivity contribution in [3.8, 4) is 0 Å². The van der Waals surface area contributed by atoms with E-state index in [9.17, 15) is 4.79 Å². The molecule has 0 amide bonds. The molecular formula is C15H21NO3. The lowest BCUT2D eigenvalue weighted by atomic mass is 9.97. The van der Waals surface area contributed by atoms with Gasteiger partial charge in [-0.3, -0.25) is 0 Å². The Morgan fingerprint density at radius 2 is 2.37 bits per heavy atom. The van der Waals surface area contributed by atoms with E-state index in [4.69, 9.17) is 9.84 Å². The summed E-state index contributed by atoms with van der Waals surface area (Å²) in [4.78, 5) is 13.4. The maximum absolute atomic E-state index is 10.9. The molecule has 19 heavy (non-hydrogen) atoms. The Morgan fingerprint density at radius 3 is 3.11 bits per heavy atom. The minimum atomic E-state index is -0.852. The number of benzene rings is 1. The third-order valence-corrected chi connectivity index (χ3v) is 3.68. The molecule has 0 radical (unpaired) electrons. The van der Waals surface area contributed by atoms with Gasteiger partial charge in [0.1, 0.15) is 0 Å². The average molecular weight is 263 g/mol. The molecule has 2 rings (SSSR count). The number of hydrogen-bond donors (Lipinski definition) is 1. The summed E-state index contributed by atoms with van der Waals surface area (Å²) in [6, 6.07) is 7.28. The van der Waals surface area contributed by atoms with Crippen LogP contribution in [0.25, 0.3) is 0 Å². The second-order valence-electron chi connectivity index (χ2n) is 5.16. The summed E-state index contributed by atoms with van der Waals surface area (Å²) in [5, 5.41) is 8.99. The second kappa shape index (κ2) is 6.68. The maximum atomic E-state index is 10.9. The number of rotatable bonds is 6. The van der Waals surface area contributed by atoms with Gasteiger partial charge in [0.25, 0.3) is 0 Å². The van der Waals surface area contributed by atoms with Gasteiger partial charge in [0.05, 0.1) is 12.2 Å². The molecule has 0 unspecified atom stereocenters. The van der Waals surface area contributed by atoms with Crippen molar-refractivity contribution in [2.45, 2.75) is 12.8 Å². The van der Waals surface area contributed by atoms with Gasteiger partial charge in [-0.15, -0.1) is 0 Å². The van der Waals surface area contributed by atoms with Gasteiger partial charge in [-0.05, 0) is 43.0 Å². The molecule has 4 nitrogen and oxygen atoms in total. The zero-order valence-corrected chi connectivity index (χ0v) is 11.3. The fraction of sp³-hybridized carbons (Fsp3) is 0.533. The molecule has 1 heterocycles. The molecular weight excluding hydrogens is 242 g/mol. The summed E-state index contributed by atoms with van der Waals surface area (Å²) in [7, 11) is 1.73. The normalized spacial score (nSPS) is 19.7. The van der Waals surface area contributed by atoms with Crippen molar-refractivity contribution in [1.29, 1.82) is 0 Å². The summed E-state index contributed by atoms with van der Waals surface area (Å²) >= 11 is 0. The van der Waals surface area contributed by atoms with Gasteiger partial charge in [0, 0.05) is 20.2 Å². The Kier molecular flexibility index (Phi) is 4.93. The van der Waals surface area contributed by atoms with E-state index >= 15 is 0 Å². The number of carboxylic acids is 1. The van der Waals surface area contributed by atoms with E-state index in [0.717, 1.165) is 38.2 Å². The molecule has 1 aromatic carbocycles. The largest absolute Gasteiger partial charge is 0.478 e. The lowest BCUT2D eigenvalue weighted by molar-refractivity contribution is 0.0696. The number of likely N-dealkylation sites (tertiary alicyclic amines) is 1. The van der Waals surface area contributed by atoms with Gasteiger partial charge in [0.15, 0.2) is 0 Å². The number of nitrogens with zero attached hydrogens (tertiary/aromatic N) is 1. The molecule has 1 atom stereocenters. The fourth-order valence-electron chi connectivity index (χ4n) is 2.67. The molecule has 1 aliphatic heterocycles. The Hall–Kier alpha value is -1.39. The molecule has 1 aromatic rings. The van der Waals surface area contributed by atoms with Gasteiger partial charge in [-0.2, -0.15) is 0 Å². The smallest absolute Gasteiger partial charge is 0.335 e. The second-order valence-corrected chi connectivity index (χ2v) is 5.16. The van der Waals surface area contributed by atoms with Crippen LogP contribution in [0.5, 0.6) is 0 Å². The van der Waals surface area contributed by atoms with Crippen molar-refractivity contribution >= 4 is 5.97 Å². The fourth-order valence-corrected chi connectivity index (χ4v) is 2.67. The number of carboxylic acid groups (broad SMARTS) is 1. The van der Waals surface area contributed by atoms with E-state index in [1.807, 2.05) is 12.1 Å². The van der Waals surface area contributed by atoms with E-state index in [-0.39, 0.29) is 0 Å². The van der Waals surface area contributed by atoms with Crippen LogP contribution < -0.4 is 0 Å². The molecule has 1 fully saturated rings. The highest BCUT2D eigenvalue weighted by Gasteiger charge is 2.22. The molecule has 1 aliphatic rings. The first-order valence-corrected chi connectivity index (χ1v) is 6.72. The molecule has 0 aliphatic carbocycles. The number of methoxy groups -OCH3 is 1. The van der Waals surface area contributed by atoms with E-state index in [0.29, 0.717) is 11.5 Å². The summed E-state index contributed by atoms with van der Waals surface area (Å²) in [6.45, 7) is 3.97. The topological polar surface area (TPSA) is 49.8 Å². The van der Waals surface area contributed by atoms with Gasteiger partial charge >= 0.3 is 5.97 Å². The van der Waals surface area contributed by atoms with Crippen LogP contribution in [-0.4, -0.2) is 49.3 Å². The highest BCUT2D eigenvalue weighted by molar-refractivity contribution is 5.87. The number of aromatic carboxylic acids is 1. The Labute approximate surface area is 114 Å². The van der Waals surface area contributed by atoms with E-state index in [1.54, 1.807) is 19.2 Å². The Morgan fingerprint density at radius 1 is 1.53 bits per heavy atom. The van der Waals surface area contributed by atoms with E-state index in [1.165, 1.54) is 6.42 Å². The van der Waals surface area contributed by atoms with Crippen molar-refractivity contribution in [2.75, 3.05) is 33.4 Å². The van der Waals surface area contributed by atoms with E-state index in [2.05, 4.69) is 4.90 Å². The lowest BCUT2D eigenvalue weighted by Crippen LogP contribution is -2.25. The summed E-state index contributed by atoms with van der Waals surface area (Å²) < 4.78 is 5.09. The predicted octanol–water partition coefficient (Wildman–Crippen LogP) is 1.90. The first-order valence-electron chi connectivity index (χ1n) is 6.72. The molecule has 4 heteroatoms. The third kappa shape index (κ3) is 4.04. The van der Waals surface area contributed by atoms with Crippen LogP contribution in [0.4, 0.5) is 0 Å². The van der Waals surface area contributed by atoms with Crippen molar-refractivity contribution in [2.24, 2.45) is 5.92 Å². The molecule has 1 saturated heterocycles. The van der Waals surface area contributed by atoms with Crippen molar-refractivity contribution in [1.82, 2.24) is 4.90 Å². The van der Waals surface area contributed by atoms with Crippen molar-refractivity contribution < 1.29 is 14.6 Å². The molecule has 0 aromatic heterocycles. The van der Waals surface area contributed by atoms with Gasteiger partial charge < -0.3 is 14.7 Å². The zero-order chi connectivity index (χ0) is 13.7. The molecule has 0 bridgehead atoms. The monoisotopic (exact) mass is 263 g/mol. The average Bonchev–Trinajstić information content (AvgIpc) is 2.84. The van der Waals surface area contributed by atoms with Gasteiger partial charge in [-0.1, -0.05) is 12.1 Å². The number of hydrogen-bond acceptors (Lipinski definition) is 3. The molecule has 0 saturated carbocycles. The van der Waals surface area contributed by atoms with Crippen LogP contribution in [0.2, 0.25) is 0 Å². The molecule has 0 spiro atoms. The highest BCUT2D eigenvalue weighted by atomic mass is 16.5. The summed E-state index contributed by atoms with van der Waals surface area (Å²) in [6.07, 6.45) is 2.14. The van der Waals surface area contributed by atoms with Crippen LogP contribution in [-0.2, 0) is 11.2 Å². The SMILES string of the molecule is COCCN1CC[C@@H](Cc2cccc(C(=O)O)c2)C1. The van der Waals surface area contributed by atoms with Crippen LogP contribution in [0.15, 0.2) is 24.3 Å². The minimum Gasteiger partial charge on any atom is -0.478 e. The Bertz CT molecular complexity index is 433. The first-order chi connectivity index (χ1) is 9.19. The van der Waals surface area contributed by atoms with Crippen molar-refractivity contribution in [3.63, 3.8) is 0 Å². The highest BCUT2D eigenvalue weighted by Crippen LogP contribution is 2.21. The minimum absolute atomic E-state index is 0.381. The van der Waals surface area contributed by atoms with Crippen LogP contribution in [0.1, 0.15) is 22.3 Å². The van der Waals surface area contributed by atoms with Gasteiger partial charge in [-0.25, -0.2) is 4.79 Å². The molecule has 1 N–H and O–H groups in total. The van der Waals surface area contributed by atoms with Crippen LogP contribution in [0, 0.1) is 5.92 Å². The zero-order valence-electron chi connectivity index (χ0n) is 11.3. The third-order valence-electron chi connectivity index (χ3n) is 3.68. The number of ether oxygens (including phenoxy) is 1. The maximum Gasteiger partial charge on any atom is 0.335 e. The predicted molar refractivity (Wildman–Crippen MR) is 73.5 cm³/mol. The lowest BCUT2D eigenvalue weighted by Gasteiger charge is -2.15. The quantitative estimate of drug-likeness (QED) is 0.851. The standard InChI is InChI=1S/C15H21NO3/c1-19-8-7-16-6-5-13(11-16)9-12-3-2-4-14(10-12)15(17)18/h2-4,10,13H,5-9,11H2,1H3,(H,17,18)/t13-/m0/s1. The summed E-state index contributed by atoms with van der Waals surface area (Å²) in [5.41, 5.74) is 1.50. The molecule has 104 valence electrons. The van der Waals surface area contributed by atoms with Crippen molar-refractivity contribution in [3.05, 3.63) is 35.4 Å². The van der Waals surface area contributed by atoms with E-state index < -0.39 is 5.97 Å². The first kappa shape index (κ1) is 14.0. The summed E-state index contributed by atoms with van der Waals surface area (Å²) in [5.74, 6) is -0.226. The van der Waals surface area contributed by atoms with Gasteiger partial charge in [0.2, 0.25) is 0 Å². The number of carbonyl (C=O) groups is 1. The van der Waals surface area contributed by atoms with Crippen LogP contribution in [0.3, 0.4) is 0 Å².